The monoisotopic (exact) mass is 414 g/mol. The van der Waals surface area contributed by atoms with Crippen molar-refractivity contribution in [2.24, 2.45) is 46.3 Å². The Kier molecular flexibility index (Phi) is 6.24. The molecule has 0 spiro atoms. The quantitative estimate of drug-likeness (QED) is 0.449. The summed E-state index contributed by atoms with van der Waals surface area (Å²) in [5.41, 5.74) is 0.0913. The molecule has 0 radical (unpaired) electrons. The zero-order valence-corrected chi connectivity index (χ0v) is 20.2. The second kappa shape index (κ2) is 7.66. The lowest BCUT2D eigenvalue weighted by atomic mass is 9.59. The van der Waals surface area contributed by atoms with Crippen LogP contribution in [0, 0.1) is 46.3 Å². The lowest BCUT2D eigenvalue weighted by Crippen LogP contribution is -2.50. The molecule has 2 saturated carbocycles. The lowest BCUT2D eigenvalue weighted by molar-refractivity contribution is -0.114. The van der Waals surface area contributed by atoms with Gasteiger partial charge in [-0.2, -0.15) is 0 Å². The first-order valence-corrected chi connectivity index (χ1v) is 12.9. The highest BCUT2D eigenvalue weighted by Gasteiger charge is 2.53. The van der Waals surface area contributed by atoms with Gasteiger partial charge in [0.05, 0.1) is 12.2 Å². The van der Waals surface area contributed by atoms with Crippen LogP contribution < -0.4 is 0 Å². The molecule has 1 aliphatic heterocycles. The normalized spacial score (nSPS) is 48.2. The van der Waals surface area contributed by atoms with Crippen molar-refractivity contribution in [2.75, 3.05) is 0 Å². The Hall–Kier alpha value is 0.110. The van der Waals surface area contributed by atoms with Crippen LogP contribution in [0.3, 0.4) is 0 Å². The standard InChI is InChI=1S/C23H43O4P/c1-14-9-16-13-17-10-15(2)12-19(23(6,7)8)21(17)27-28(24,25)26-20(16)18(11-14)22(3,4)5/h14-21H,9-13H2,1-8H3,(H,24,25). The summed E-state index contributed by atoms with van der Waals surface area (Å²) in [5.74, 6) is 2.50. The van der Waals surface area contributed by atoms with Gasteiger partial charge in [-0.15, -0.1) is 0 Å². The fraction of sp³-hybridized carbons (Fsp3) is 1.00. The number of phosphoric acid groups is 1. The molecule has 3 rings (SSSR count). The van der Waals surface area contributed by atoms with E-state index in [1.54, 1.807) is 0 Å². The van der Waals surface area contributed by atoms with Gasteiger partial charge in [-0.05, 0) is 78.4 Å². The summed E-state index contributed by atoms with van der Waals surface area (Å²) in [4.78, 5) is 10.8. The molecule has 4 nitrogen and oxygen atoms in total. The molecule has 3 aliphatic rings. The van der Waals surface area contributed by atoms with Crippen LogP contribution in [-0.2, 0) is 13.6 Å². The number of hydrogen-bond donors (Lipinski definition) is 1. The smallest absolute Gasteiger partial charge is 0.302 e. The third-order valence-electron chi connectivity index (χ3n) is 7.79. The van der Waals surface area contributed by atoms with E-state index in [-0.39, 0.29) is 34.9 Å². The maximum atomic E-state index is 13.1. The third-order valence-corrected chi connectivity index (χ3v) is 8.81. The van der Waals surface area contributed by atoms with Crippen LogP contribution in [0.15, 0.2) is 0 Å². The van der Waals surface area contributed by atoms with E-state index < -0.39 is 7.82 Å². The molecule has 1 saturated heterocycles. The molecule has 0 aromatic heterocycles. The molecule has 164 valence electrons. The highest BCUT2D eigenvalue weighted by Crippen LogP contribution is 2.60. The second-order valence-corrected chi connectivity index (χ2v) is 13.8. The number of rotatable bonds is 0. The zero-order chi connectivity index (χ0) is 21.1. The largest absolute Gasteiger partial charge is 0.472 e. The van der Waals surface area contributed by atoms with E-state index in [9.17, 15) is 9.46 Å². The van der Waals surface area contributed by atoms with Crippen LogP contribution in [0.5, 0.6) is 0 Å². The van der Waals surface area contributed by atoms with Crippen LogP contribution >= 0.6 is 7.82 Å². The Morgan fingerprint density at radius 3 is 1.39 bits per heavy atom. The van der Waals surface area contributed by atoms with Crippen LogP contribution in [0.1, 0.15) is 87.5 Å². The maximum Gasteiger partial charge on any atom is 0.472 e. The van der Waals surface area contributed by atoms with Gasteiger partial charge in [-0.3, -0.25) is 9.05 Å². The van der Waals surface area contributed by atoms with Crippen LogP contribution in [-0.4, -0.2) is 17.1 Å². The third kappa shape index (κ3) is 4.88. The van der Waals surface area contributed by atoms with Gasteiger partial charge in [0, 0.05) is 0 Å². The molecule has 0 amide bonds. The number of hydrogen-bond acceptors (Lipinski definition) is 3. The molecular formula is C23H43O4P. The summed E-state index contributed by atoms with van der Waals surface area (Å²) in [6, 6.07) is 0. The predicted octanol–water partition coefficient (Wildman–Crippen LogP) is 6.68. The van der Waals surface area contributed by atoms with E-state index in [1.165, 1.54) is 0 Å². The van der Waals surface area contributed by atoms with E-state index >= 15 is 0 Å². The molecule has 2 aliphatic carbocycles. The van der Waals surface area contributed by atoms with Gasteiger partial charge in [0.2, 0.25) is 0 Å². The summed E-state index contributed by atoms with van der Waals surface area (Å²) in [5, 5.41) is 0. The van der Waals surface area contributed by atoms with Gasteiger partial charge in [0.25, 0.3) is 0 Å². The zero-order valence-electron chi connectivity index (χ0n) is 19.3. The topological polar surface area (TPSA) is 55.8 Å². The fourth-order valence-electron chi connectivity index (χ4n) is 6.48. The first-order valence-electron chi connectivity index (χ1n) is 11.4. The highest BCUT2D eigenvalue weighted by molar-refractivity contribution is 7.47. The minimum Gasteiger partial charge on any atom is -0.302 e. The predicted molar refractivity (Wildman–Crippen MR) is 114 cm³/mol. The van der Waals surface area contributed by atoms with Gasteiger partial charge in [0.1, 0.15) is 0 Å². The number of fused-ring (bicyclic) bond motifs is 2. The molecule has 5 heteroatoms. The van der Waals surface area contributed by atoms with Crippen molar-refractivity contribution in [3.63, 3.8) is 0 Å². The Balaban J connectivity index is 1.97. The fourth-order valence-corrected chi connectivity index (χ4v) is 7.78. The molecule has 28 heavy (non-hydrogen) atoms. The minimum atomic E-state index is -4.09. The van der Waals surface area contributed by atoms with E-state index in [4.69, 9.17) is 9.05 Å². The lowest BCUT2D eigenvalue weighted by Gasteiger charge is -2.53. The first-order chi connectivity index (χ1) is 12.7. The van der Waals surface area contributed by atoms with Crippen LogP contribution in [0.2, 0.25) is 0 Å². The summed E-state index contributed by atoms with van der Waals surface area (Å²) in [6.07, 6.45) is 4.99. The maximum absolute atomic E-state index is 13.1. The number of phosphoric ester groups is 1. The van der Waals surface area contributed by atoms with Crippen LogP contribution in [0.4, 0.5) is 0 Å². The average molecular weight is 415 g/mol. The second-order valence-electron chi connectivity index (χ2n) is 12.5. The van der Waals surface area contributed by atoms with E-state index in [0.717, 1.165) is 32.1 Å². The SMILES string of the molecule is CC1CC2CC3CC(C)CC(C(C)(C)C)C3OP(=O)(O)OC2C(C(C)(C)C)C1. The van der Waals surface area contributed by atoms with Crippen LogP contribution in [0.25, 0.3) is 0 Å². The highest BCUT2D eigenvalue weighted by atomic mass is 31.2. The molecule has 0 bridgehead atoms. The Labute approximate surface area is 172 Å². The van der Waals surface area contributed by atoms with Crippen molar-refractivity contribution in [2.45, 2.75) is 99.7 Å². The first kappa shape index (κ1) is 22.8. The van der Waals surface area contributed by atoms with Crippen molar-refractivity contribution in [1.82, 2.24) is 0 Å². The molecule has 1 heterocycles. The summed E-state index contributed by atoms with van der Waals surface area (Å²) >= 11 is 0. The molecule has 3 fully saturated rings. The van der Waals surface area contributed by atoms with Crippen molar-refractivity contribution >= 4 is 7.82 Å². The Morgan fingerprint density at radius 1 is 0.714 bits per heavy atom. The Bertz CT molecular complexity index is 557. The summed E-state index contributed by atoms with van der Waals surface area (Å²) in [6.45, 7) is 18.1. The van der Waals surface area contributed by atoms with Crippen molar-refractivity contribution in [3.05, 3.63) is 0 Å². The van der Waals surface area contributed by atoms with E-state index in [2.05, 4.69) is 55.4 Å². The average Bonchev–Trinajstić information content (AvgIpc) is 2.48. The molecule has 0 aromatic rings. The minimum absolute atomic E-state index is 0.0456. The molecule has 1 N–H and O–H groups in total. The summed E-state index contributed by atoms with van der Waals surface area (Å²) < 4.78 is 25.1. The van der Waals surface area contributed by atoms with Crippen molar-refractivity contribution in [1.29, 1.82) is 0 Å². The van der Waals surface area contributed by atoms with Gasteiger partial charge in [-0.1, -0.05) is 55.4 Å². The molecule has 8 atom stereocenters. The van der Waals surface area contributed by atoms with Crippen molar-refractivity contribution in [3.8, 4) is 0 Å². The van der Waals surface area contributed by atoms with E-state index in [1.807, 2.05) is 0 Å². The van der Waals surface area contributed by atoms with Crippen molar-refractivity contribution < 1.29 is 18.5 Å². The molecule has 8 unspecified atom stereocenters. The van der Waals surface area contributed by atoms with Gasteiger partial charge in [-0.25, -0.2) is 4.57 Å². The Morgan fingerprint density at radius 2 is 1.07 bits per heavy atom. The van der Waals surface area contributed by atoms with E-state index in [0.29, 0.717) is 23.7 Å². The van der Waals surface area contributed by atoms with Gasteiger partial charge < -0.3 is 4.89 Å². The summed E-state index contributed by atoms with van der Waals surface area (Å²) in [7, 11) is -4.09. The molecular weight excluding hydrogens is 371 g/mol. The molecule has 0 aromatic carbocycles. The van der Waals surface area contributed by atoms with Gasteiger partial charge in [0.15, 0.2) is 0 Å². The van der Waals surface area contributed by atoms with Gasteiger partial charge >= 0.3 is 7.82 Å².